The second-order valence-corrected chi connectivity index (χ2v) is 6.25. The van der Waals surface area contributed by atoms with Crippen LogP contribution < -0.4 is 9.64 Å². The highest BCUT2D eigenvalue weighted by atomic mass is 16.5. The zero-order valence-electron chi connectivity index (χ0n) is 14.4. The van der Waals surface area contributed by atoms with Gasteiger partial charge in [-0.25, -0.2) is 4.98 Å². The van der Waals surface area contributed by atoms with Crippen molar-refractivity contribution >= 4 is 6.01 Å². The molecule has 1 unspecified atom stereocenters. The number of hydrogen-bond acceptors (Lipinski definition) is 6. The molecule has 0 bridgehead atoms. The van der Waals surface area contributed by atoms with Crippen LogP contribution in [0.3, 0.4) is 0 Å². The Bertz CT molecular complexity index is 839. The fourth-order valence-corrected chi connectivity index (χ4v) is 3.33. The van der Waals surface area contributed by atoms with Gasteiger partial charge in [0.1, 0.15) is 11.6 Å². The first-order valence-electron chi connectivity index (χ1n) is 8.47. The maximum absolute atomic E-state index is 5.52. The SMILES string of the molecule is COc1ccc(-c2noc(N3CCCC(n4ccnc4C)C3)n2)cc1. The Balaban J connectivity index is 1.52. The first kappa shape index (κ1) is 15.7. The minimum Gasteiger partial charge on any atom is -0.497 e. The number of aromatic nitrogens is 4. The van der Waals surface area contributed by atoms with Crippen molar-refractivity contribution in [2.24, 2.45) is 0 Å². The van der Waals surface area contributed by atoms with Crippen molar-refractivity contribution in [3.63, 3.8) is 0 Å². The first-order valence-corrected chi connectivity index (χ1v) is 8.47. The van der Waals surface area contributed by atoms with Crippen LogP contribution >= 0.6 is 0 Å². The summed E-state index contributed by atoms with van der Waals surface area (Å²) in [6.07, 6.45) is 6.11. The third-order valence-electron chi connectivity index (χ3n) is 4.69. The Labute approximate surface area is 146 Å². The standard InChI is InChI=1S/C18H21N5O2/c1-13-19-9-11-23(13)15-4-3-10-22(12-15)18-20-17(21-25-18)14-5-7-16(24-2)8-6-14/h5-9,11,15H,3-4,10,12H2,1-2H3. The highest BCUT2D eigenvalue weighted by molar-refractivity contribution is 5.56. The van der Waals surface area contributed by atoms with E-state index in [1.807, 2.05) is 43.6 Å². The molecule has 1 saturated heterocycles. The van der Waals surface area contributed by atoms with Crippen LogP contribution in [0.2, 0.25) is 0 Å². The molecule has 0 saturated carbocycles. The molecule has 0 N–H and O–H groups in total. The fraction of sp³-hybridized carbons (Fsp3) is 0.389. The van der Waals surface area contributed by atoms with E-state index >= 15 is 0 Å². The van der Waals surface area contributed by atoms with Crippen LogP contribution in [0.25, 0.3) is 11.4 Å². The number of anilines is 1. The summed E-state index contributed by atoms with van der Waals surface area (Å²) in [5.74, 6) is 2.44. The lowest BCUT2D eigenvalue weighted by Crippen LogP contribution is -2.37. The topological polar surface area (TPSA) is 69.2 Å². The van der Waals surface area contributed by atoms with Crippen molar-refractivity contribution in [2.75, 3.05) is 25.1 Å². The summed E-state index contributed by atoms with van der Waals surface area (Å²) in [6, 6.07) is 8.61. The molecule has 0 aliphatic carbocycles. The number of aryl methyl sites for hydroxylation is 1. The summed E-state index contributed by atoms with van der Waals surface area (Å²) in [5, 5.41) is 4.13. The van der Waals surface area contributed by atoms with Crippen molar-refractivity contribution in [1.29, 1.82) is 0 Å². The Morgan fingerprint density at radius 1 is 1.24 bits per heavy atom. The van der Waals surface area contributed by atoms with E-state index in [1.165, 1.54) is 0 Å². The Kier molecular flexibility index (Phi) is 4.13. The maximum atomic E-state index is 5.52. The molecule has 1 fully saturated rings. The minimum atomic E-state index is 0.382. The van der Waals surface area contributed by atoms with Crippen molar-refractivity contribution in [2.45, 2.75) is 25.8 Å². The largest absolute Gasteiger partial charge is 0.497 e. The van der Waals surface area contributed by atoms with Gasteiger partial charge in [-0.1, -0.05) is 5.16 Å². The molecule has 0 radical (unpaired) electrons. The van der Waals surface area contributed by atoms with E-state index in [-0.39, 0.29) is 0 Å². The molecule has 4 rings (SSSR count). The molecule has 0 amide bonds. The van der Waals surface area contributed by atoms with Crippen LogP contribution in [0.4, 0.5) is 6.01 Å². The molecular weight excluding hydrogens is 318 g/mol. The average molecular weight is 339 g/mol. The quantitative estimate of drug-likeness (QED) is 0.727. The molecule has 3 aromatic rings. The molecule has 3 heterocycles. The maximum Gasteiger partial charge on any atom is 0.324 e. The predicted octanol–water partition coefficient (Wildman–Crippen LogP) is 3.09. The summed E-state index contributed by atoms with van der Waals surface area (Å²) in [7, 11) is 1.65. The molecular formula is C18H21N5O2. The second kappa shape index (κ2) is 6.58. The fourth-order valence-electron chi connectivity index (χ4n) is 3.33. The normalized spacial score (nSPS) is 17.7. The number of piperidine rings is 1. The number of benzene rings is 1. The monoisotopic (exact) mass is 339 g/mol. The number of ether oxygens (including phenoxy) is 1. The van der Waals surface area contributed by atoms with Crippen molar-refractivity contribution < 1.29 is 9.26 Å². The number of imidazole rings is 1. The summed E-state index contributed by atoms with van der Waals surface area (Å²) in [5.41, 5.74) is 0.912. The van der Waals surface area contributed by atoms with Gasteiger partial charge in [-0.2, -0.15) is 4.98 Å². The third kappa shape index (κ3) is 3.09. The van der Waals surface area contributed by atoms with Gasteiger partial charge >= 0.3 is 6.01 Å². The Morgan fingerprint density at radius 2 is 2.08 bits per heavy atom. The van der Waals surface area contributed by atoms with E-state index in [0.717, 1.165) is 43.1 Å². The first-order chi connectivity index (χ1) is 12.2. The molecule has 7 nitrogen and oxygen atoms in total. The van der Waals surface area contributed by atoms with Gasteiger partial charge < -0.3 is 18.7 Å². The van der Waals surface area contributed by atoms with Gasteiger partial charge in [0.05, 0.1) is 13.2 Å². The Morgan fingerprint density at radius 3 is 2.80 bits per heavy atom. The van der Waals surface area contributed by atoms with Crippen LogP contribution in [0.1, 0.15) is 24.7 Å². The zero-order valence-corrected chi connectivity index (χ0v) is 14.4. The summed E-state index contributed by atoms with van der Waals surface area (Å²) in [4.78, 5) is 11.1. The lowest BCUT2D eigenvalue weighted by molar-refractivity contribution is 0.358. The van der Waals surface area contributed by atoms with Crippen molar-refractivity contribution in [3.05, 3.63) is 42.5 Å². The van der Waals surface area contributed by atoms with Crippen molar-refractivity contribution in [1.82, 2.24) is 19.7 Å². The molecule has 1 aromatic carbocycles. The Hall–Kier alpha value is -2.83. The molecule has 1 aliphatic heterocycles. The zero-order chi connectivity index (χ0) is 17.2. The van der Waals surface area contributed by atoms with Gasteiger partial charge in [-0.15, -0.1) is 0 Å². The summed E-state index contributed by atoms with van der Waals surface area (Å²) >= 11 is 0. The summed E-state index contributed by atoms with van der Waals surface area (Å²) < 4.78 is 12.9. The highest BCUT2D eigenvalue weighted by Gasteiger charge is 2.25. The van der Waals surface area contributed by atoms with Crippen LogP contribution in [0.5, 0.6) is 5.75 Å². The van der Waals surface area contributed by atoms with Crippen LogP contribution in [-0.2, 0) is 0 Å². The van der Waals surface area contributed by atoms with E-state index in [4.69, 9.17) is 9.26 Å². The van der Waals surface area contributed by atoms with Gasteiger partial charge in [0.2, 0.25) is 5.82 Å². The predicted molar refractivity (Wildman–Crippen MR) is 93.7 cm³/mol. The lowest BCUT2D eigenvalue weighted by Gasteiger charge is -2.32. The molecule has 7 heteroatoms. The van der Waals surface area contributed by atoms with Crippen LogP contribution in [0, 0.1) is 6.92 Å². The molecule has 2 aromatic heterocycles. The number of rotatable bonds is 4. The summed E-state index contributed by atoms with van der Waals surface area (Å²) in [6.45, 7) is 3.81. The molecule has 130 valence electrons. The molecule has 1 aliphatic rings. The van der Waals surface area contributed by atoms with E-state index in [9.17, 15) is 0 Å². The van der Waals surface area contributed by atoms with Gasteiger partial charge in [0, 0.05) is 31.0 Å². The molecule has 1 atom stereocenters. The average Bonchev–Trinajstić information content (AvgIpc) is 3.31. The van der Waals surface area contributed by atoms with E-state index in [0.29, 0.717) is 17.9 Å². The van der Waals surface area contributed by atoms with Crippen LogP contribution in [-0.4, -0.2) is 39.9 Å². The highest BCUT2D eigenvalue weighted by Crippen LogP contribution is 2.28. The number of nitrogens with zero attached hydrogens (tertiary/aromatic N) is 5. The molecule has 0 spiro atoms. The van der Waals surface area contributed by atoms with Crippen molar-refractivity contribution in [3.8, 4) is 17.1 Å². The lowest BCUT2D eigenvalue weighted by atomic mass is 10.1. The second-order valence-electron chi connectivity index (χ2n) is 6.25. The van der Waals surface area contributed by atoms with Gasteiger partial charge in [-0.3, -0.25) is 0 Å². The third-order valence-corrected chi connectivity index (χ3v) is 4.69. The van der Waals surface area contributed by atoms with E-state index < -0.39 is 0 Å². The van der Waals surface area contributed by atoms with Crippen LogP contribution in [0.15, 0.2) is 41.2 Å². The number of hydrogen-bond donors (Lipinski definition) is 0. The molecule has 25 heavy (non-hydrogen) atoms. The smallest absolute Gasteiger partial charge is 0.324 e. The van der Waals surface area contributed by atoms with Gasteiger partial charge in [0.25, 0.3) is 0 Å². The van der Waals surface area contributed by atoms with E-state index in [1.54, 1.807) is 7.11 Å². The van der Waals surface area contributed by atoms with Gasteiger partial charge in [0.15, 0.2) is 0 Å². The minimum absolute atomic E-state index is 0.382. The number of methoxy groups -OCH3 is 1. The van der Waals surface area contributed by atoms with Gasteiger partial charge in [-0.05, 0) is 44.0 Å². The van der Waals surface area contributed by atoms with E-state index in [2.05, 4.69) is 24.6 Å².